The second kappa shape index (κ2) is 10.1. The number of amides is 2. The van der Waals surface area contributed by atoms with Gasteiger partial charge in [-0.25, -0.2) is 4.98 Å². The van der Waals surface area contributed by atoms with Gasteiger partial charge in [0.2, 0.25) is 5.91 Å². The molecule has 1 aromatic heterocycles. The van der Waals surface area contributed by atoms with E-state index < -0.39 is 11.7 Å². The number of nitrogens with zero attached hydrogens (tertiary/aromatic N) is 4. The summed E-state index contributed by atoms with van der Waals surface area (Å²) in [6.07, 6.45) is -2.48. The molecule has 2 saturated heterocycles. The molecule has 11 heteroatoms. The summed E-state index contributed by atoms with van der Waals surface area (Å²) in [7, 11) is 1.34. The van der Waals surface area contributed by atoms with Gasteiger partial charge in [-0.1, -0.05) is 18.2 Å². The maximum atomic E-state index is 13.1. The molecule has 2 aliphatic rings. The summed E-state index contributed by atoms with van der Waals surface area (Å²) in [4.78, 5) is 35.4. The van der Waals surface area contributed by atoms with Crippen LogP contribution in [-0.4, -0.2) is 72.5 Å². The van der Waals surface area contributed by atoms with Crippen molar-refractivity contribution in [3.05, 3.63) is 64.6 Å². The third kappa shape index (κ3) is 5.19. The van der Waals surface area contributed by atoms with Crippen LogP contribution in [0.1, 0.15) is 21.8 Å². The third-order valence-electron chi connectivity index (χ3n) is 6.84. The van der Waals surface area contributed by atoms with E-state index in [2.05, 4.69) is 9.88 Å². The van der Waals surface area contributed by atoms with Crippen molar-refractivity contribution in [3.8, 4) is 16.9 Å². The van der Waals surface area contributed by atoms with Crippen LogP contribution in [0, 0.1) is 0 Å². The highest BCUT2D eigenvalue weighted by atomic mass is 32.1. The normalized spacial score (nSPS) is 18.9. The summed E-state index contributed by atoms with van der Waals surface area (Å²) in [6.45, 7) is 3.00. The molecule has 37 heavy (non-hydrogen) atoms. The fraction of sp³-hybridized carbons (Fsp3) is 0.346. The number of hydrogen-bond donors (Lipinski definition) is 0. The third-order valence-corrected chi connectivity index (χ3v) is 7.60. The van der Waals surface area contributed by atoms with Crippen LogP contribution in [0.25, 0.3) is 11.1 Å². The Kier molecular flexibility index (Phi) is 6.91. The van der Waals surface area contributed by atoms with E-state index in [9.17, 15) is 22.8 Å². The molecule has 0 N–H and O–H groups in total. The van der Waals surface area contributed by atoms with Crippen LogP contribution in [0.15, 0.2) is 54.0 Å². The number of carbonyl (C=O) groups is 2. The van der Waals surface area contributed by atoms with Crippen LogP contribution in [0.4, 0.5) is 18.9 Å². The predicted octanol–water partition coefficient (Wildman–Crippen LogP) is 4.40. The lowest BCUT2D eigenvalue weighted by Crippen LogP contribution is -2.52. The van der Waals surface area contributed by atoms with Crippen LogP contribution >= 0.6 is 11.3 Å². The Morgan fingerprint density at radius 2 is 1.89 bits per heavy atom. The van der Waals surface area contributed by atoms with Gasteiger partial charge in [-0.05, 0) is 29.8 Å². The number of halogens is 3. The number of hydrogen-bond acceptors (Lipinski definition) is 6. The number of thiazole rings is 1. The van der Waals surface area contributed by atoms with Crippen LogP contribution < -0.4 is 9.64 Å². The lowest BCUT2D eigenvalue weighted by Gasteiger charge is -2.37. The van der Waals surface area contributed by atoms with Crippen LogP contribution in [0.3, 0.4) is 0 Å². The molecule has 2 amide bonds. The molecule has 0 saturated carbocycles. The van der Waals surface area contributed by atoms with E-state index >= 15 is 0 Å². The van der Waals surface area contributed by atoms with Gasteiger partial charge in [0.1, 0.15) is 5.75 Å². The molecule has 2 aromatic carbocycles. The molecule has 0 aliphatic carbocycles. The number of carbonyl (C=O) groups excluding carboxylic acids is 2. The van der Waals surface area contributed by atoms with Gasteiger partial charge in [-0.15, -0.1) is 11.3 Å². The Hall–Kier alpha value is -3.44. The Morgan fingerprint density at radius 1 is 1.11 bits per heavy atom. The summed E-state index contributed by atoms with van der Waals surface area (Å²) in [6, 6.07) is 10.6. The Morgan fingerprint density at radius 3 is 2.57 bits per heavy atom. The Labute approximate surface area is 216 Å². The van der Waals surface area contributed by atoms with Gasteiger partial charge < -0.3 is 14.5 Å². The monoisotopic (exact) mass is 530 g/mol. The highest BCUT2D eigenvalue weighted by molar-refractivity contribution is 7.11. The minimum atomic E-state index is -4.47. The summed E-state index contributed by atoms with van der Waals surface area (Å²) in [5, 5.41) is 2.27. The van der Waals surface area contributed by atoms with E-state index in [0.29, 0.717) is 61.0 Å². The minimum Gasteiger partial charge on any atom is -0.496 e. The zero-order chi connectivity index (χ0) is 26.2. The SMILES string of the molecule is COc1cc(C(F)(F)F)ccc1-c1cccc(N2CC(N3CCN(C(=O)c4nccs4)CC3)CC2=O)c1. The number of aromatic nitrogens is 1. The molecule has 1 atom stereocenters. The molecule has 3 heterocycles. The molecule has 3 aromatic rings. The van der Waals surface area contributed by atoms with Crippen LogP contribution in [-0.2, 0) is 11.0 Å². The smallest absolute Gasteiger partial charge is 0.416 e. The van der Waals surface area contributed by atoms with Gasteiger partial charge in [-0.3, -0.25) is 14.5 Å². The highest BCUT2D eigenvalue weighted by Crippen LogP contribution is 2.38. The number of benzene rings is 2. The zero-order valence-electron chi connectivity index (χ0n) is 20.1. The summed E-state index contributed by atoms with van der Waals surface area (Å²) >= 11 is 1.33. The number of ether oxygens (including phenoxy) is 1. The van der Waals surface area contributed by atoms with Gasteiger partial charge in [0, 0.05) is 68.0 Å². The van der Waals surface area contributed by atoms with Crippen LogP contribution in [0.2, 0.25) is 0 Å². The number of anilines is 1. The number of piperazine rings is 1. The maximum Gasteiger partial charge on any atom is 0.416 e. The quantitative estimate of drug-likeness (QED) is 0.489. The van der Waals surface area contributed by atoms with E-state index in [1.54, 1.807) is 39.6 Å². The highest BCUT2D eigenvalue weighted by Gasteiger charge is 2.37. The van der Waals surface area contributed by atoms with Gasteiger partial charge in [0.25, 0.3) is 5.91 Å². The predicted molar refractivity (Wildman–Crippen MR) is 134 cm³/mol. The molecule has 0 radical (unpaired) electrons. The summed E-state index contributed by atoms with van der Waals surface area (Å²) < 4.78 is 44.7. The van der Waals surface area contributed by atoms with E-state index in [-0.39, 0.29) is 23.6 Å². The zero-order valence-corrected chi connectivity index (χ0v) is 20.9. The molecule has 7 nitrogen and oxygen atoms in total. The van der Waals surface area contributed by atoms with Crippen molar-refractivity contribution >= 4 is 28.8 Å². The van der Waals surface area contributed by atoms with Gasteiger partial charge in [-0.2, -0.15) is 13.2 Å². The molecular weight excluding hydrogens is 505 g/mol. The fourth-order valence-electron chi connectivity index (χ4n) is 4.88. The first-order chi connectivity index (χ1) is 17.7. The second-order valence-corrected chi connectivity index (χ2v) is 9.89. The molecule has 5 rings (SSSR count). The second-order valence-electron chi connectivity index (χ2n) is 8.99. The standard InChI is InChI=1S/C26H25F3N4O3S/c1-36-22-14-18(26(27,28)29)5-6-21(22)17-3-2-4-19(13-17)33-16-20(15-23(33)34)31-8-10-32(11-9-31)25(35)24-30-7-12-37-24/h2-7,12-14,20H,8-11,15-16H2,1H3. The number of rotatable bonds is 5. The molecule has 2 aliphatic heterocycles. The van der Waals surface area contributed by atoms with E-state index in [0.717, 1.165) is 12.1 Å². The lowest BCUT2D eigenvalue weighted by molar-refractivity contribution is -0.137. The van der Waals surface area contributed by atoms with Crippen molar-refractivity contribution in [1.29, 1.82) is 0 Å². The molecule has 1 unspecified atom stereocenters. The van der Waals surface area contributed by atoms with Crippen molar-refractivity contribution in [2.75, 3.05) is 44.7 Å². The molecule has 2 fully saturated rings. The average molecular weight is 531 g/mol. The Bertz CT molecular complexity index is 1290. The molecule has 194 valence electrons. The summed E-state index contributed by atoms with van der Waals surface area (Å²) in [5.74, 6) is 0.0416. The topological polar surface area (TPSA) is 66.0 Å². The number of alkyl halides is 3. The minimum absolute atomic E-state index is 0.0113. The summed E-state index contributed by atoms with van der Waals surface area (Å²) in [5.41, 5.74) is 1.08. The lowest BCUT2D eigenvalue weighted by atomic mass is 10.0. The van der Waals surface area contributed by atoms with Gasteiger partial charge in [0.15, 0.2) is 5.01 Å². The van der Waals surface area contributed by atoms with E-state index in [4.69, 9.17) is 4.74 Å². The van der Waals surface area contributed by atoms with Crippen molar-refractivity contribution in [3.63, 3.8) is 0 Å². The first kappa shape index (κ1) is 25.2. The van der Waals surface area contributed by atoms with Crippen LogP contribution in [0.5, 0.6) is 5.75 Å². The van der Waals surface area contributed by atoms with Gasteiger partial charge >= 0.3 is 6.18 Å². The molecular formula is C26H25F3N4O3S. The first-order valence-corrected chi connectivity index (χ1v) is 12.7. The van der Waals surface area contributed by atoms with E-state index in [1.807, 2.05) is 6.07 Å². The van der Waals surface area contributed by atoms with Crippen molar-refractivity contribution in [2.45, 2.75) is 18.6 Å². The van der Waals surface area contributed by atoms with Crippen molar-refractivity contribution < 1.29 is 27.5 Å². The average Bonchev–Trinajstić information content (AvgIpc) is 3.58. The molecule has 0 bridgehead atoms. The van der Waals surface area contributed by atoms with E-state index in [1.165, 1.54) is 24.5 Å². The van der Waals surface area contributed by atoms with Crippen molar-refractivity contribution in [1.82, 2.24) is 14.8 Å². The maximum absolute atomic E-state index is 13.1. The van der Waals surface area contributed by atoms with Crippen molar-refractivity contribution in [2.24, 2.45) is 0 Å². The number of methoxy groups -OCH3 is 1. The van der Waals surface area contributed by atoms with Gasteiger partial charge in [0.05, 0.1) is 12.7 Å². The largest absolute Gasteiger partial charge is 0.496 e. The fourth-order valence-corrected chi connectivity index (χ4v) is 5.49. The Balaban J connectivity index is 1.28. The first-order valence-electron chi connectivity index (χ1n) is 11.8. The molecule has 0 spiro atoms.